The van der Waals surface area contributed by atoms with Crippen LogP contribution in [0.4, 0.5) is 5.69 Å². The minimum Gasteiger partial charge on any atom is -0.495 e. The molecular formula is C14H17ClN2O3. The number of methoxy groups -OCH3 is 1. The van der Waals surface area contributed by atoms with Gasteiger partial charge in [-0.05, 0) is 18.1 Å². The lowest BCUT2D eigenvalue weighted by atomic mass is 10.0. The molecule has 0 bridgehead atoms. The third kappa shape index (κ3) is 2.72. The van der Waals surface area contributed by atoms with Gasteiger partial charge in [0.25, 0.3) is 0 Å². The summed E-state index contributed by atoms with van der Waals surface area (Å²) in [4.78, 5) is 25.7. The Kier molecular flexibility index (Phi) is 4.18. The average Bonchev–Trinajstić information content (AvgIpc) is 2.41. The summed E-state index contributed by atoms with van der Waals surface area (Å²) in [5.74, 6) is 0.216. The van der Waals surface area contributed by atoms with Gasteiger partial charge in [0, 0.05) is 11.8 Å². The zero-order chi connectivity index (χ0) is 14.9. The molecule has 0 radical (unpaired) electrons. The van der Waals surface area contributed by atoms with Gasteiger partial charge in [-0.25, -0.2) is 0 Å². The Hall–Kier alpha value is -1.75. The molecule has 108 valence electrons. The summed E-state index contributed by atoms with van der Waals surface area (Å²) < 4.78 is 5.14. The van der Waals surface area contributed by atoms with Crippen LogP contribution < -0.4 is 15.0 Å². The molecule has 1 heterocycles. The largest absolute Gasteiger partial charge is 0.495 e. The van der Waals surface area contributed by atoms with Crippen molar-refractivity contribution in [3.8, 4) is 5.75 Å². The number of piperazine rings is 1. The number of halogens is 1. The van der Waals surface area contributed by atoms with Gasteiger partial charge in [-0.15, -0.1) is 0 Å². The molecule has 1 atom stereocenters. The molecule has 0 aromatic heterocycles. The summed E-state index contributed by atoms with van der Waals surface area (Å²) in [7, 11) is 1.51. The molecular weight excluding hydrogens is 280 g/mol. The number of carbonyl (C=O) groups is 2. The SMILES string of the molecule is COc1cc(N2CC(=O)NC(C(C)C)C2=O)ccc1Cl. The highest BCUT2D eigenvalue weighted by Gasteiger charge is 2.35. The number of carbonyl (C=O) groups excluding carboxylic acids is 2. The van der Waals surface area contributed by atoms with Crippen molar-refractivity contribution in [2.24, 2.45) is 5.92 Å². The first-order chi connectivity index (χ1) is 9.43. The summed E-state index contributed by atoms with van der Waals surface area (Å²) in [5, 5.41) is 3.18. The van der Waals surface area contributed by atoms with E-state index in [-0.39, 0.29) is 24.3 Å². The van der Waals surface area contributed by atoms with E-state index in [1.807, 2.05) is 13.8 Å². The van der Waals surface area contributed by atoms with Crippen LogP contribution in [0.1, 0.15) is 13.8 Å². The van der Waals surface area contributed by atoms with Crippen molar-refractivity contribution in [1.82, 2.24) is 5.32 Å². The number of benzene rings is 1. The molecule has 5 nitrogen and oxygen atoms in total. The standard InChI is InChI=1S/C14H17ClN2O3/c1-8(2)13-14(19)17(7-12(18)16-13)9-4-5-10(15)11(6-9)20-3/h4-6,8,13H,7H2,1-3H3,(H,16,18). The minimum atomic E-state index is -0.502. The van der Waals surface area contributed by atoms with E-state index in [9.17, 15) is 9.59 Å². The zero-order valence-electron chi connectivity index (χ0n) is 11.6. The molecule has 6 heteroatoms. The van der Waals surface area contributed by atoms with Crippen molar-refractivity contribution >= 4 is 29.1 Å². The third-order valence-electron chi connectivity index (χ3n) is 3.26. The van der Waals surface area contributed by atoms with E-state index >= 15 is 0 Å². The predicted molar refractivity (Wildman–Crippen MR) is 77.1 cm³/mol. The Labute approximate surface area is 122 Å². The summed E-state index contributed by atoms with van der Waals surface area (Å²) in [5.41, 5.74) is 0.608. The van der Waals surface area contributed by atoms with Crippen LogP contribution in [0, 0.1) is 5.92 Å². The van der Waals surface area contributed by atoms with Gasteiger partial charge < -0.3 is 15.0 Å². The predicted octanol–water partition coefficient (Wildman–Crippen LogP) is 1.84. The monoisotopic (exact) mass is 296 g/mol. The first-order valence-electron chi connectivity index (χ1n) is 6.38. The van der Waals surface area contributed by atoms with Crippen LogP contribution in [0.2, 0.25) is 5.02 Å². The van der Waals surface area contributed by atoms with Crippen LogP contribution in [0.25, 0.3) is 0 Å². The van der Waals surface area contributed by atoms with E-state index in [0.29, 0.717) is 16.5 Å². The Balaban J connectivity index is 2.35. The van der Waals surface area contributed by atoms with Gasteiger partial charge >= 0.3 is 0 Å². The van der Waals surface area contributed by atoms with Crippen molar-refractivity contribution in [3.63, 3.8) is 0 Å². The topological polar surface area (TPSA) is 58.6 Å². The second-order valence-corrected chi connectivity index (χ2v) is 5.44. The molecule has 1 N–H and O–H groups in total. The second-order valence-electron chi connectivity index (χ2n) is 5.03. The maximum absolute atomic E-state index is 12.4. The zero-order valence-corrected chi connectivity index (χ0v) is 12.4. The van der Waals surface area contributed by atoms with Gasteiger partial charge in [0.2, 0.25) is 11.8 Å². The molecule has 2 amide bonds. The van der Waals surface area contributed by atoms with Crippen molar-refractivity contribution in [3.05, 3.63) is 23.2 Å². The molecule has 0 spiro atoms. The Morgan fingerprint density at radius 3 is 2.70 bits per heavy atom. The van der Waals surface area contributed by atoms with Crippen LogP contribution in [0.15, 0.2) is 18.2 Å². The van der Waals surface area contributed by atoms with E-state index < -0.39 is 6.04 Å². The quantitative estimate of drug-likeness (QED) is 0.926. The summed E-state index contributed by atoms with van der Waals surface area (Å²) in [6.45, 7) is 3.80. The Morgan fingerprint density at radius 2 is 2.10 bits per heavy atom. The van der Waals surface area contributed by atoms with Gasteiger partial charge in [-0.1, -0.05) is 25.4 Å². The third-order valence-corrected chi connectivity index (χ3v) is 3.58. The van der Waals surface area contributed by atoms with Crippen molar-refractivity contribution in [2.75, 3.05) is 18.6 Å². The summed E-state index contributed by atoms with van der Waals surface area (Å²) in [6.07, 6.45) is 0. The summed E-state index contributed by atoms with van der Waals surface area (Å²) in [6, 6.07) is 4.52. The number of nitrogens with zero attached hydrogens (tertiary/aromatic N) is 1. The number of nitrogens with one attached hydrogen (secondary N) is 1. The molecule has 1 saturated heterocycles. The van der Waals surface area contributed by atoms with Crippen molar-refractivity contribution < 1.29 is 14.3 Å². The maximum Gasteiger partial charge on any atom is 0.250 e. The minimum absolute atomic E-state index is 0.00679. The Bertz CT molecular complexity index is 545. The van der Waals surface area contributed by atoms with Gasteiger partial charge in [-0.2, -0.15) is 0 Å². The van der Waals surface area contributed by atoms with Gasteiger partial charge in [-0.3, -0.25) is 9.59 Å². The molecule has 1 aliphatic rings. The van der Waals surface area contributed by atoms with E-state index in [4.69, 9.17) is 16.3 Å². The van der Waals surface area contributed by atoms with Crippen LogP contribution >= 0.6 is 11.6 Å². The highest BCUT2D eigenvalue weighted by atomic mass is 35.5. The molecule has 1 aliphatic heterocycles. The highest BCUT2D eigenvalue weighted by Crippen LogP contribution is 2.30. The smallest absolute Gasteiger partial charge is 0.250 e. The summed E-state index contributed by atoms with van der Waals surface area (Å²) >= 11 is 5.97. The van der Waals surface area contributed by atoms with Gasteiger partial charge in [0.05, 0.1) is 12.1 Å². The number of hydrogen-bond acceptors (Lipinski definition) is 3. The van der Waals surface area contributed by atoms with Gasteiger partial charge in [0.15, 0.2) is 0 Å². The Morgan fingerprint density at radius 1 is 1.40 bits per heavy atom. The van der Waals surface area contributed by atoms with E-state index in [1.165, 1.54) is 12.0 Å². The molecule has 20 heavy (non-hydrogen) atoms. The van der Waals surface area contributed by atoms with E-state index in [1.54, 1.807) is 18.2 Å². The average molecular weight is 297 g/mol. The van der Waals surface area contributed by atoms with Crippen molar-refractivity contribution in [1.29, 1.82) is 0 Å². The molecule has 0 saturated carbocycles. The fourth-order valence-electron chi connectivity index (χ4n) is 2.16. The number of hydrogen-bond donors (Lipinski definition) is 1. The number of ether oxygens (including phenoxy) is 1. The highest BCUT2D eigenvalue weighted by molar-refractivity contribution is 6.32. The lowest BCUT2D eigenvalue weighted by Gasteiger charge is -2.34. The fourth-order valence-corrected chi connectivity index (χ4v) is 2.35. The van der Waals surface area contributed by atoms with E-state index in [2.05, 4.69) is 5.32 Å². The number of anilines is 1. The lowest BCUT2D eigenvalue weighted by Crippen LogP contribution is -2.60. The molecule has 1 fully saturated rings. The normalized spacial score (nSPS) is 19.2. The number of amides is 2. The fraction of sp³-hybridized carbons (Fsp3) is 0.429. The van der Waals surface area contributed by atoms with Crippen LogP contribution in [-0.4, -0.2) is 31.5 Å². The molecule has 1 aromatic carbocycles. The first kappa shape index (κ1) is 14.7. The second kappa shape index (κ2) is 5.71. The van der Waals surface area contributed by atoms with Gasteiger partial charge in [0.1, 0.15) is 18.3 Å². The first-order valence-corrected chi connectivity index (χ1v) is 6.76. The van der Waals surface area contributed by atoms with Crippen LogP contribution in [0.5, 0.6) is 5.75 Å². The molecule has 1 unspecified atom stereocenters. The van der Waals surface area contributed by atoms with Crippen molar-refractivity contribution in [2.45, 2.75) is 19.9 Å². The number of rotatable bonds is 3. The molecule has 2 rings (SSSR count). The van der Waals surface area contributed by atoms with Crippen LogP contribution in [-0.2, 0) is 9.59 Å². The molecule has 1 aromatic rings. The maximum atomic E-state index is 12.4. The lowest BCUT2D eigenvalue weighted by molar-refractivity contribution is -0.132. The van der Waals surface area contributed by atoms with E-state index in [0.717, 1.165) is 0 Å². The van der Waals surface area contributed by atoms with Crippen LogP contribution in [0.3, 0.4) is 0 Å². The molecule has 0 aliphatic carbocycles.